The maximum absolute atomic E-state index is 11.9. The number of hydrogen-bond acceptors (Lipinski definition) is 3. The van der Waals surface area contributed by atoms with Gasteiger partial charge in [0.05, 0.1) is 19.4 Å². The molecular weight excluding hydrogens is 202 g/mol. The van der Waals surface area contributed by atoms with Crippen molar-refractivity contribution in [2.45, 2.75) is 31.8 Å². The van der Waals surface area contributed by atoms with E-state index in [0.29, 0.717) is 24.2 Å². The Morgan fingerprint density at radius 3 is 2.94 bits per heavy atom. The van der Waals surface area contributed by atoms with Gasteiger partial charge >= 0.3 is 0 Å². The maximum Gasteiger partial charge on any atom is 0.151 e. The van der Waals surface area contributed by atoms with Crippen molar-refractivity contribution in [3.8, 4) is 0 Å². The van der Waals surface area contributed by atoms with Crippen molar-refractivity contribution in [3.63, 3.8) is 0 Å². The molecule has 86 valence electrons. The molecule has 0 aliphatic carbocycles. The Bertz CT molecular complexity index is 397. The fourth-order valence-corrected chi connectivity index (χ4v) is 3.51. The smallest absolute Gasteiger partial charge is 0.151 e. The molecule has 4 rings (SSSR count). The van der Waals surface area contributed by atoms with Gasteiger partial charge in [0.1, 0.15) is 0 Å². The van der Waals surface area contributed by atoms with Gasteiger partial charge in [-0.1, -0.05) is 11.6 Å². The van der Waals surface area contributed by atoms with E-state index in [-0.39, 0.29) is 6.04 Å². The molecule has 0 aromatic heterocycles. The summed E-state index contributed by atoms with van der Waals surface area (Å²) in [7, 11) is 1.69. The molecule has 4 aliphatic rings. The number of hydrogen-bond donors (Lipinski definition) is 0. The highest BCUT2D eigenvalue weighted by atomic mass is 16.5. The molecule has 0 aromatic rings. The Balaban J connectivity index is 2.04. The van der Waals surface area contributed by atoms with Crippen molar-refractivity contribution in [2.24, 2.45) is 5.92 Å². The van der Waals surface area contributed by atoms with Gasteiger partial charge in [0.25, 0.3) is 0 Å². The molecule has 0 aromatic carbocycles. The van der Waals surface area contributed by atoms with Gasteiger partial charge in [-0.3, -0.25) is 9.69 Å². The largest absolute Gasteiger partial charge is 0.504 e. The number of ketones is 1. The summed E-state index contributed by atoms with van der Waals surface area (Å²) in [5, 5.41) is 0. The quantitative estimate of drug-likeness (QED) is 0.494. The Kier molecular flexibility index (Phi) is 2.18. The Labute approximate surface area is 95.8 Å². The van der Waals surface area contributed by atoms with Crippen LogP contribution < -0.4 is 0 Å². The van der Waals surface area contributed by atoms with Crippen LogP contribution in [0.5, 0.6) is 0 Å². The lowest BCUT2D eigenvalue weighted by Gasteiger charge is -2.47. The Morgan fingerprint density at radius 1 is 1.44 bits per heavy atom. The molecule has 16 heavy (non-hydrogen) atoms. The molecule has 0 saturated carbocycles. The van der Waals surface area contributed by atoms with Gasteiger partial charge in [0.2, 0.25) is 0 Å². The second kappa shape index (κ2) is 3.45. The SMILES string of the molecule is C/C=C1/CN2[C@H]3CC1/C(=C/OC)[C@@H]2CC3=O. The zero-order valence-corrected chi connectivity index (χ0v) is 9.77. The molecule has 0 N–H and O–H groups in total. The summed E-state index contributed by atoms with van der Waals surface area (Å²) in [5.41, 5.74) is 2.76. The number of nitrogens with zero attached hydrogens (tertiary/aromatic N) is 1. The monoisotopic (exact) mass is 219 g/mol. The van der Waals surface area contributed by atoms with Crippen LogP contribution >= 0.6 is 0 Å². The van der Waals surface area contributed by atoms with Crippen molar-refractivity contribution in [2.75, 3.05) is 13.7 Å². The molecule has 2 unspecified atom stereocenters. The second-order valence-corrected chi connectivity index (χ2v) is 4.88. The molecule has 0 radical (unpaired) electrons. The first-order chi connectivity index (χ1) is 7.76. The highest BCUT2D eigenvalue weighted by Gasteiger charge is 2.53. The lowest BCUT2D eigenvalue weighted by Crippen LogP contribution is -2.52. The molecule has 4 fully saturated rings. The molecule has 4 bridgehead atoms. The van der Waals surface area contributed by atoms with Crippen molar-refractivity contribution in [3.05, 3.63) is 23.5 Å². The van der Waals surface area contributed by atoms with Crippen LogP contribution in [0.15, 0.2) is 23.5 Å². The van der Waals surface area contributed by atoms with E-state index in [0.717, 1.165) is 13.0 Å². The topological polar surface area (TPSA) is 29.5 Å². The molecule has 4 atom stereocenters. The number of piperidine rings is 3. The van der Waals surface area contributed by atoms with Gasteiger partial charge in [-0.15, -0.1) is 0 Å². The van der Waals surface area contributed by atoms with Crippen LogP contribution in [0, 0.1) is 5.92 Å². The predicted molar refractivity (Wildman–Crippen MR) is 60.9 cm³/mol. The number of allylic oxidation sites excluding steroid dienone is 1. The van der Waals surface area contributed by atoms with E-state index >= 15 is 0 Å². The van der Waals surface area contributed by atoms with E-state index in [4.69, 9.17) is 4.74 Å². The van der Waals surface area contributed by atoms with Crippen molar-refractivity contribution in [1.29, 1.82) is 0 Å². The maximum atomic E-state index is 11.9. The van der Waals surface area contributed by atoms with Crippen molar-refractivity contribution in [1.82, 2.24) is 4.90 Å². The normalized spacial score (nSPS) is 45.8. The van der Waals surface area contributed by atoms with Crippen LogP contribution in [-0.4, -0.2) is 36.4 Å². The molecule has 3 nitrogen and oxygen atoms in total. The number of rotatable bonds is 1. The average molecular weight is 219 g/mol. The first-order valence-electron chi connectivity index (χ1n) is 5.92. The highest BCUT2D eigenvalue weighted by molar-refractivity contribution is 5.89. The number of Topliss-reactive ketones (excluding diaryl/α,β-unsaturated/α-hetero) is 1. The minimum Gasteiger partial charge on any atom is -0.504 e. The van der Waals surface area contributed by atoms with Crippen LogP contribution in [0.4, 0.5) is 0 Å². The van der Waals surface area contributed by atoms with E-state index in [1.54, 1.807) is 7.11 Å². The Morgan fingerprint density at radius 2 is 2.25 bits per heavy atom. The van der Waals surface area contributed by atoms with Gasteiger partial charge in [-0.25, -0.2) is 0 Å². The lowest BCUT2D eigenvalue weighted by atomic mass is 9.76. The van der Waals surface area contributed by atoms with Gasteiger partial charge in [-0.2, -0.15) is 0 Å². The molecule has 4 heterocycles. The highest BCUT2D eigenvalue weighted by Crippen LogP contribution is 2.48. The third-order valence-corrected chi connectivity index (χ3v) is 4.25. The summed E-state index contributed by atoms with van der Waals surface area (Å²) in [6, 6.07) is 0.507. The first-order valence-corrected chi connectivity index (χ1v) is 5.92. The van der Waals surface area contributed by atoms with E-state index in [1.807, 2.05) is 6.26 Å². The van der Waals surface area contributed by atoms with Gasteiger partial charge in [-0.05, 0) is 18.9 Å². The molecular formula is C13H17NO2. The number of carbonyl (C=O) groups is 1. The van der Waals surface area contributed by atoms with Gasteiger partial charge in [0, 0.05) is 24.9 Å². The van der Waals surface area contributed by atoms with E-state index in [2.05, 4.69) is 17.9 Å². The summed E-state index contributed by atoms with van der Waals surface area (Å²) in [4.78, 5) is 14.2. The summed E-state index contributed by atoms with van der Waals surface area (Å²) in [5.74, 6) is 0.876. The van der Waals surface area contributed by atoms with Crippen molar-refractivity contribution >= 4 is 5.78 Å². The standard InChI is InChI=1S/C13H17NO2/c1-3-8-6-14-11-5-13(15)12(14)4-9(8)10(11)7-16-2/h3,7,9,11-12H,4-6H2,1-2H3/b8-3-,10-7-/t9?,11-,12-/m0/s1. The van der Waals surface area contributed by atoms with Crippen LogP contribution in [0.3, 0.4) is 0 Å². The zero-order chi connectivity index (χ0) is 11.3. The minimum absolute atomic E-state index is 0.188. The number of fused-ring (bicyclic) bond motifs is 1. The van der Waals surface area contributed by atoms with Crippen LogP contribution in [-0.2, 0) is 9.53 Å². The van der Waals surface area contributed by atoms with E-state index in [1.165, 1.54) is 11.1 Å². The zero-order valence-electron chi connectivity index (χ0n) is 9.77. The van der Waals surface area contributed by atoms with Gasteiger partial charge < -0.3 is 4.74 Å². The summed E-state index contributed by atoms with van der Waals surface area (Å²) < 4.78 is 5.19. The fourth-order valence-electron chi connectivity index (χ4n) is 3.51. The number of ether oxygens (including phenoxy) is 1. The predicted octanol–water partition coefficient (Wildman–Crippen LogP) is 1.51. The Hall–Kier alpha value is -1.09. The number of methoxy groups -OCH3 is 1. The third-order valence-electron chi connectivity index (χ3n) is 4.25. The van der Waals surface area contributed by atoms with E-state index < -0.39 is 0 Å². The van der Waals surface area contributed by atoms with Crippen LogP contribution in [0.25, 0.3) is 0 Å². The van der Waals surface area contributed by atoms with Crippen LogP contribution in [0.2, 0.25) is 0 Å². The van der Waals surface area contributed by atoms with E-state index in [9.17, 15) is 4.79 Å². The number of carbonyl (C=O) groups excluding carboxylic acids is 1. The fraction of sp³-hybridized carbons (Fsp3) is 0.615. The molecule has 0 spiro atoms. The molecule has 4 aliphatic heterocycles. The molecule has 3 heteroatoms. The summed E-state index contributed by atoms with van der Waals surface area (Å²) >= 11 is 0. The molecule has 4 saturated heterocycles. The first kappa shape index (κ1) is 10.1. The van der Waals surface area contributed by atoms with Crippen LogP contribution in [0.1, 0.15) is 19.8 Å². The third kappa shape index (κ3) is 1.15. The average Bonchev–Trinajstić information content (AvgIpc) is 2.56. The van der Waals surface area contributed by atoms with Crippen molar-refractivity contribution < 1.29 is 9.53 Å². The summed E-state index contributed by atoms with van der Waals surface area (Å²) in [6.07, 6.45) is 5.71. The minimum atomic E-state index is 0.188. The summed E-state index contributed by atoms with van der Waals surface area (Å²) in [6.45, 7) is 3.06. The van der Waals surface area contributed by atoms with Gasteiger partial charge in [0.15, 0.2) is 5.78 Å². The lowest BCUT2D eigenvalue weighted by molar-refractivity contribution is -0.120. The molecule has 0 amide bonds. The second-order valence-electron chi connectivity index (χ2n) is 4.88.